The van der Waals surface area contributed by atoms with Crippen molar-refractivity contribution in [3.63, 3.8) is 0 Å². The number of hydrogen-bond donors (Lipinski definition) is 0. The summed E-state index contributed by atoms with van der Waals surface area (Å²) in [6.45, 7) is 6.35. The van der Waals surface area contributed by atoms with E-state index in [4.69, 9.17) is 23.7 Å². The van der Waals surface area contributed by atoms with Gasteiger partial charge in [0.25, 0.3) is 0 Å². The summed E-state index contributed by atoms with van der Waals surface area (Å²) in [5, 5.41) is 9.67. The van der Waals surface area contributed by atoms with Crippen LogP contribution < -0.4 is 18.9 Å². The van der Waals surface area contributed by atoms with Crippen molar-refractivity contribution in [2.75, 3.05) is 27.1 Å². The minimum Gasteiger partial charge on any atom is -0.493 e. The third-order valence-electron chi connectivity index (χ3n) is 5.18. The summed E-state index contributed by atoms with van der Waals surface area (Å²) in [5.41, 5.74) is 2.49. The van der Waals surface area contributed by atoms with Gasteiger partial charge in [-0.05, 0) is 80.1 Å². The van der Waals surface area contributed by atoms with E-state index in [2.05, 4.69) is 12.6 Å². The zero-order valence-electron chi connectivity index (χ0n) is 19.6. The topological polar surface area (TPSA) is 87.0 Å². The second-order valence-electron chi connectivity index (χ2n) is 7.83. The number of methoxy groups -OCH3 is 1. The van der Waals surface area contributed by atoms with Crippen molar-refractivity contribution in [2.45, 2.75) is 32.6 Å². The number of ether oxygens (including phenoxy) is 5. The Balaban J connectivity index is 1.51. The standard InChI is InChI=1S/C27H29NO6/c1-19(2)27(29)32-13-7-5-4-6-12-31-23-10-8-20(15-25(23)30-3)14-22(17-28)21-9-11-24-26(16-21)34-18-33-24/h8-11,14-16H,1,4-7,12-13,18H2,2-3H3. The van der Waals surface area contributed by atoms with Crippen LogP contribution in [0.5, 0.6) is 23.0 Å². The van der Waals surface area contributed by atoms with Crippen molar-refractivity contribution >= 4 is 17.6 Å². The maximum atomic E-state index is 11.3. The fourth-order valence-electron chi connectivity index (χ4n) is 3.33. The van der Waals surface area contributed by atoms with Crippen molar-refractivity contribution < 1.29 is 28.5 Å². The predicted molar refractivity (Wildman–Crippen MR) is 129 cm³/mol. The van der Waals surface area contributed by atoms with Crippen molar-refractivity contribution in [3.05, 3.63) is 59.7 Å². The maximum Gasteiger partial charge on any atom is 0.333 e. The molecular weight excluding hydrogens is 434 g/mol. The Hall–Kier alpha value is -3.92. The van der Waals surface area contributed by atoms with Crippen molar-refractivity contribution in [3.8, 4) is 29.1 Å². The van der Waals surface area contributed by atoms with Crippen LogP contribution in [0, 0.1) is 11.3 Å². The molecule has 2 aromatic rings. The van der Waals surface area contributed by atoms with E-state index in [-0.39, 0.29) is 12.8 Å². The van der Waals surface area contributed by atoms with Gasteiger partial charge < -0.3 is 23.7 Å². The number of carbonyl (C=O) groups excluding carboxylic acids is 1. The molecule has 7 nitrogen and oxygen atoms in total. The number of fused-ring (bicyclic) bond motifs is 1. The summed E-state index contributed by atoms with van der Waals surface area (Å²) in [4.78, 5) is 11.3. The summed E-state index contributed by atoms with van der Waals surface area (Å²) >= 11 is 0. The number of nitrogens with zero attached hydrogens (tertiary/aromatic N) is 1. The molecule has 1 aliphatic heterocycles. The summed E-state index contributed by atoms with van der Waals surface area (Å²) in [5.74, 6) is 2.22. The van der Waals surface area contributed by atoms with Crippen LogP contribution in [0.4, 0.5) is 0 Å². The molecule has 0 aliphatic carbocycles. The average molecular weight is 464 g/mol. The summed E-state index contributed by atoms with van der Waals surface area (Å²) in [7, 11) is 1.59. The number of unbranched alkanes of at least 4 members (excludes halogenated alkanes) is 3. The number of benzene rings is 2. The third kappa shape index (κ3) is 6.79. The Bertz CT molecular complexity index is 1100. The lowest BCUT2D eigenvalue weighted by Crippen LogP contribution is -2.06. The lowest BCUT2D eigenvalue weighted by molar-refractivity contribution is -0.139. The first-order valence-corrected chi connectivity index (χ1v) is 11.2. The van der Waals surface area contributed by atoms with E-state index in [9.17, 15) is 10.1 Å². The SMILES string of the molecule is C=C(C)C(=O)OCCCCCCOc1ccc(C=C(C#N)c2ccc3c(c2)OCO3)cc1OC. The first-order chi connectivity index (χ1) is 16.5. The average Bonchev–Trinajstić information content (AvgIpc) is 3.32. The van der Waals surface area contributed by atoms with Gasteiger partial charge in [-0.25, -0.2) is 4.79 Å². The molecule has 0 unspecified atom stereocenters. The minimum atomic E-state index is -0.341. The third-order valence-corrected chi connectivity index (χ3v) is 5.18. The maximum absolute atomic E-state index is 11.3. The quantitative estimate of drug-likeness (QED) is 0.134. The van der Waals surface area contributed by atoms with E-state index in [1.54, 1.807) is 32.2 Å². The molecule has 1 aliphatic rings. The molecule has 7 heteroatoms. The molecule has 3 rings (SSSR count). The predicted octanol–water partition coefficient (Wildman–Crippen LogP) is 5.55. The molecule has 0 atom stereocenters. The fraction of sp³-hybridized carbons (Fsp3) is 0.333. The van der Waals surface area contributed by atoms with E-state index in [0.717, 1.165) is 36.8 Å². The van der Waals surface area contributed by atoms with Crippen LogP contribution in [0.1, 0.15) is 43.7 Å². The second-order valence-corrected chi connectivity index (χ2v) is 7.83. The molecule has 0 saturated heterocycles. The highest BCUT2D eigenvalue weighted by Crippen LogP contribution is 2.35. The summed E-state index contributed by atoms with van der Waals surface area (Å²) in [6.07, 6.45) is 5.40. The molecule has 0 fully saturated rings. The van der Waals surface area contributed by atoms with Crippen LogP contribution in [0.25, 0.3) is 11.6 Å². The van der Waals surface area contributed by atoms with E-state index in [0.29, 0.717) is 47.4 Å². The molecule has 1 heterocycles. The number of esters is 1. The number of rotatable bonds is 12. The van der Waals surface area contributed by atoms with Gasteiger partial charge in [0.15, 0.2) is 23.0 Å². The number of carbonyl (C=O) groups is 1. The molecule has 178 valence electrons. The fourth-order valence-corrected chi connectivity index (χ4v) is 3.33. The molecule has 0 aromatic heterocycles. The summed E-state index contributed by atoms with van der Waals surface area (Å²) < 4.78 is 27.2. The number of nitriles is 1. The van der Waals surface area contributed by atoms with Gasteiger partial charge in [0.1, 0.15) is 0 Å². The highest BCUT2D eigenvalue weighted by molar-refractivity contribution is 5.90. The summed E-state index contributed by atoms with van der Waals surface area (Å²) in [6, 6.07) is 13.3. The Kier molecular flexibility index (Phi) is 8.98. The first kappa shape index (κ1) is 24.7. The van der Waals surface area contributed by atoms with E-state index < -0.39 is 0 Å². The monoisotopic (exact) mass is 463 g/mol. The Labute approximate surface area is 200 Å². The van der Waals surface area contributed by atoms with Gasteiger partial charge in [0.05, 0.1) is 32.0 Å². The Morgan fingerprint density at radius 2 is 1.82 bits per heavy atom. The van der Waals surface area contributed by atoms with Crippen molar-refractivity contribution in [2.24, 2.45) is 0 Å². The molecule has 0 amide bonds. The zero-order valence-corrected chi connectivity index (χ0v) is 19.6. The Morgan fingerprint density at radius 1 is 1.06 bits per heavy atom. The molecule has 0 spiro atoms. The molecule has 0 radical (unpaired) electrons. The van der Waals surface area contributed by atoms with Gasteiger partial charge in [-0.15, -0.1) is 0 Å². The van der Waals surface area contributed by atoms with E-state index in [1.807, 2.05) is 24.3 Å². The number of hydrogen-bond acceptors (Lipinski definition) is 7. The Morgan fingerprint density at radius 3 is 2.56 bits per heavy atom. The number of allylic oxidation sites excluding steroid dienone is 1. The van der Waals surface area contributed by atoms with Gasteiger partial charge in [0, 0.05) is 5.57 Å². The lowest BCUT2D eigenvalue weighted by atomic mass is 10.0. The normalized spacial score (nSPS) is 12.1. The van der Waals surface area contributed by atoms with Crippen LogP contribution in [-0.4, -0.2) is 33.1 Å². The molecular formula is C27H29NO6. The lowest BCUT2D eigenvalue weighted by Gasteiger charge is -2.12. The molecule has 34 heavy (non-hydrogen) atoms. The second kappa shape index (κ2) is 12.4. The van der Waals surface area contributed by atoms with E-state index >= 15 is 0 Å². The van der Waals surface area contributed by atoms with Gasteiger partial charge in [-0.3, -0.25) is 0 Å². The van der Waals surface area contributed by atoms with Crippen LogP contribution in [-0.2, 0) is 9.53 Å². The van der Waals surface area contributed by atoms with Gasteiger partial charge >= 0.3 is 5.97 Å². The van der Waals surface area contributed by atoms with Gasteiger partial charge in [-0.1, -0.05) is 12.6 Å². The largest absolute Gasteiger partial charge is 0.493 e. The van der Waals surface area contributed by atoms with E-state index in [1.165, 1.54) is 0 Å². The van der Waals surface area contributed by atoms with Crippen LogP contribution in [0.15, 0.2) is 48.6 Å². The molecule has 0 N–H and O–H groups in total. The first-order valence-electron chi connectivity index (χ1n) is 11.2. The molecule has 2 aromatic carbocycles. The van der Waals surface area contributed by atoms with Crippen LogP contribution in [0.2, 0.25) is 0 Å². The molecule has 0 saturated carbocycles. The molecule has 0 bridgehead atoms. The minimum absolute atomic E-state index is 0.188. The van der Waals surface area contributed by atoms with Crippen LogP contribution in [0.3, 0.4) is 0 Å². The smallest absolute Gasteiger partial charge is 0.333 e. The van der Waals surface area contributed by atoms with Crippen molar-refractivity contribution in [1.82, 2.24) is 0 Å². The van der Waals surface area contributed by atoms with Crippen molar-refractivity contribution in [1.29, 1.82) is 5.26 Å². The highest BCUT2D eigenvalue weighted by Gasteiger charge is 2.15. The van der Waals surface area contributed by atoms with Crippen LogP contribution >= 0.6 is 0 Å². The highest BCUT2D eigenvalue weighted by atomic mass is 16.7. The van der Waals surface area contributed by atoms with Gasteiger partial charge in [-0.2, -0.15) is 5.26 Å². The zero-order chi connectivity index (χ0) is 24.3. The van der Waals surface area contributed by atoms with Gasteiger partial charge in [0.2, 0.25) is 6.79 Å².